The monoisotopic (exact) mass is 191 g/mol. The van der Waals surface area contributed by atoms with Gasteiger partial charge in [0, 0.05) is 12.1 Å². The molecule has 6 heteroatoms. The highest BCUT2D eigenvalue weighted by Gasteiger charge is 2.06. The van der Waals surface area contributed by atoms with Crippen LogP contribution in [0.2, 0.25) is 0 Å². The topological polar surface area (TPSA) is 88.9 Å². The molecular weight excluding hydrogens is 186 g/mol. The molecular formula is C8H5N3O3. The van der Waals surface area contributed by atoms with Gasteiger partial charge in [0.2, 0.25) is 0 Å². The van der Waals surface area contributed by atoms with Gasteiger partial charge in [0.05, 0.1) is 22.2 Å². The Labute approximate surface area is 77.4 Å². The molecule has 1 heterocycles. The lowest BCUT2D eigenvalue weighted by Crippen LogP contribution is -2.04. The van der Waals surface area contributed by atoms with Gasteiger partial charge >= 0.3 is 0 Å². The van der Waals surface area contributed by atoms with Crippen molar-refractivity contribution in [3.8, 4) is 0 Å². The Morgan fingerprint density at radius 1 is 1.43 bits per heavy atom. The third kappa shape index (κ3) is 1.33. The first kappa shape index (κ1) is 8.36. The number of hydrogen-bond acceptors (Lipinski definition) is 4. The fourth-order valence-corrected chi connectivity index (χ4v) is 1.14. The number of H-pyrrole nitrogens is 1. The first-order valence-corrected chi connectivity index (χ1v) is 3.80. The van der Waals surface area contributed by atoms with Crippen LogP contribution in [0, 0.1) is 10.1 Å². The van der Waals surface area contributed by atoms with Crippen molar-refractivity contribution in [3.05, 3.63) is 44.9 Å². The SMILES string of the molecule is O=c1cnc2ccc([N+](=O)[O-])cc2[nH]1. The lowest BCUT2D eigenvalue weighted by Gasteiger charge is -1.95. The molecule has 14 heavy (non-hydrogen) atoms. The summed E-state index contributed by atoms with van der Waals surface area (Å²) >= 11 is 0. The predicted octanol–water partition coefficient (Wildman–Crippen LogP) is 0.831. The summed E-state index contributed by atoms with van der Waals surface area (Å²) in [6.07, 6.45) is 1.13. The van der Waals surface area contributed by atoms with Crippen molar-refractivity contribution in [2.75, 3.05) is 0 Å². The normalized spacial score (nSPS) is 10.3. The second-order valence-corrected chi connectivity index (χ2v) is 2.71. The van der Waals surface area contributed by atoms with Gasteiger partial charge in [-0.3, -0.25) is 14.9 Å². The molecule has 0 aliphatic heterocycles. The second kappa shape index (κ2) is 2.91. The highest BCUT2D eigenvalue weighted by atomic mass is 16.6. The van der Waals surface area contributed by atoms with E-state index in [1.165, 1.54) is 18.2 Å². The number of nitrogens with one attached hydrogen (secondary N) is 1. The lowest BCUT2D eigenvalue weighted by molar-refractivity contribution is -0.384. The number of aromatic amines is 1. The average molecular weight is 191 g/mol. The van der Waals surface area contributed by atoms with Crippen LogP contribution in [0.5, 0.6) is 0 Å². The van der Waals surface area contributed by atoms with Gasteiger partial charge in [-0.25, -0.2) is 4.98 Å². The summed E-state index contributed by atoms with van der Waals surface area (Å²) in [7, 11) is 0. The maximum absolute atomic E-state index is 10.9. The number of benzene rings is 1. The number of rotatable bonds is 1. The van der Waals surface area contributed by atoms with Crippen molar-refractivity contribution in [1.82, 2.24) is 9.97 Å². The number of hydrogen-bond donors (Lipinski definition) is 1. The number of non-ortho nitro benzene ring substituents is 1. The van der Waals surface area contributed by atoms with Crippen LogP contribution in [0.15, 0.2) is 29.2 Å². The molecule has 1 aromatic heterocycles. The van der Waals surface area contributed by atoms with E-state index in [1.54, 1.807) is 0 Å². The van der Waals surface area contributed by atoms with Crippen LogP contribution >= 0.6 is 0 Å². The molecule has 2 rings (SSSR count). The van der Waals surface area contributed by atoms with E-state index < -0.39 is 4.92 Å². The minimum Gasteiger partial charge on any atom is -0.319 e. The molecule has 0 spiro atoms. The highest BCUT2D eigenvalue weighted by Crippen LogP contribution is 2.15. The van der Waals surface area contributed by atoms with Gasteiger partial charge in [0.25, 0.3) is 11.2 Å². The summed E-state index contributed by atoms with van der Waals surface area (Å²) in [5.41, 5.74) is 0.445. The van der Waals surface area contributed by atoms with Crippen LogP contribution in [0.4, 0.5) is 5.69 Å². The number of fused-ring (bicyclic) bond motifs is 1. The van der Waals surface area contributed by atoms with Gasteiger partial charge in [0.15, 0.2) is 0 Å². The van der Waals surface area contributed by atoms with E-state index in [2.05, 4.69) is 9.97 Å². The minimum absolute atomic E-state index is 0.0684. The second-order valence-electron chi connectivity index (χ2n) is 2.71. The van der Waals surface area contributed by atoms with Crippen molar-refractivity contribution in [2.45, 2.75) is 0 Å². The molecule has 0 aliphatic rings. The molecule has 0 unspecified atom stereocenters. The van der Waals surface area contributed by atoms with Gasteiger partial charge in [-0.2, -0.15) is 0 Å². The zero-order valence-corrected chi connectivity index (χ0v) is 6.93. The van der Waals surface area contributed by atoms with E-state index in [4.69, 9.17) is 0 Å². The largest absolute Gasteiger partial charge is 0.319 e. The third-order valence-electron chi connectivity index (χ3n) is 1.77. The van der Waals surface area contributed by atoms with E-state index in [0.29, 0.717) is 11.0 Å². The van der Waals surface area contributed by atoms with Crippen molar-refractivity contribution < 1.29 is 4.92 Å². The summed E-state index contributed by atoms with van der Waals surface area (Å²) in [5.74, 6) is 0. The van der Waals surface area contributed by atoms with Gasteiger partial charge in [-0.15, -0.1) is 0 Å². The average Bonchev–Trinajstić information content (AvgIpc) is 2.16. The van der Waals surface area contributed by atoms with E-state index in [9.17, 15) is 14.9 Å². The van der Waals surface area contributed by atoms with E-state index in [1.807, 2.05) is 0 Å². The Hall–Kier alpha value is -2.24. The molecule has 0 aliphatic carbocycles. The zero-order chi connectivity index (χ0) is 10.1. The molecule has 0 fully saturated rings. The summed E-state index contributed by atoms with van der Waals surface area (Å²) in [6.45, 7) is 0. The van der Waals surface area contributed by atoms with Crippen molar-refractivity contribution in [3.63, 3.8) is 0 Å². The molecule has 0 saturated carbocycles. The first-order valence-electron chi connectivity index (χ1n) is 3.80. The number of aromatic nitrogens is 2. The summed E-state index contributed by atoms with van der Waals surface area (Å²) in [4.78, 5) is 27.1. The number of nitro benzene ring substituents is 1. The smallest absolute Gasteiger partial charge is 0.271 e. The van der Waals surface area contributed by atoms with Gasteiger partial charge in [-0.1, -0.05) is 0 Å². The van der Waals surface area contributed by atoms with Crippen LogP contribution in [-0.4, -0.2) is 14.9 Å². The van der Waals surface area contributed by atoms with E-state index in [-0.39, 0.29) is 11.2 Å². The zero-order valence-electron chi connectivity index (χ0n) is 6.93. The van der Waals surface area contributed by atoms with E-state index in [0.717, 1.165) is 6.20 Å². The first-order chi connectivity index (χ1) is 6.66. The van der Waals surface area contributed by atoms with E-state index >= 15 is 0 Å². The molecule has 1 aromatic carbocycles. The standard InChI is InChI=1S/C8H5N3O3/c12-8-4-9-6-2-1-5(11(13)14)3-7(6)10-8/h1-4H,(H,10,12). The maximum atomic E-state index is 10.9. The van der Waals surface area contributed by atoms with Crippen molar-refractivity contribution in [1.29, 1.82) is 0 Å². The van der Waals surface area contributed by atoms with Crippen molar-refractivity contribution in [2.24, 2.45) is 0 Å². The van der Waals surface area contributed by atoms with Crippen LogP contribution in [-0.2, 0) is 0 Å². The predicted molar refractivity (Wildman–Crippen MR) is 49.0 cm³/mol. The molecule has 0 bridgehead atoms. The molecule has 0 saturated heterocycles. The Kier molecular flexibility index (Phi) is 1.74. The van der Waals surface area contributed by atoms with Crippen LogP contribution in [0.1, 0.15) is 0 Å². The quantitative estimate of drug-likeness (QED) is 0.534. The highest BCUT2D eigenvalue weighted by molar-refractivity contribution is 5.76. The van der Waals surface area contributed by atoms with Crippen LogP contribution in [0.25, 0.3) is 11.0 Å². The fraction of sp³-hybridized carbons (Fsp3) is 0. The summed E-state index contributed by atoms with van der Waals surface area (Å²) in [5, 5.41) is 10.4. The number of nitro groups is 1. The van der Waals surface area contributed by atoms with Gasteiger partial charge in [-0.05, 0) is 6.07 Å². The third-order valence-corrected chi connectivity index (χ3v) is 1.77. The van der Waals surface area contributed by atoms with Gasteiger partial charge in [0.1, 0.15) is 0 Å². The fourth-order valence-electron chi connectivity index (χ4n) is 1.14. The summed E-state index contributed by atoms with van der Waals surface area (Å²) in [6, 6.07) is 4.11. The van der Waals surface area contributed by atoms with Crippen LogP contribution in [0.3, 0.4) is 0 Å². The lowest BCUT2D eigenvalue weighted by atomic mass is 10.3. The maximum Gasteiger partial charge on any atom is 0.271 e. The molecule has 0 radical (unpaired) electrons. The van der Waals surface area contributed by atoms with Crippen LogP contribution < -0.4 is 5.56 Å². The Balaban J connectivity index is 2.75. The molecule has 1 N–H and O–H groups in total. The Morgan fingerprint density at radius 3 is 2.93 bits per heavy atom. The number of nitrogens with zero attached hydrogens (tertiary/aromatic N) is 2. The minimum atomic E-state index is -0.523. The molecule has 2 aromatic rings. The Morgan fingerprint density at radius 2 is 2.21 bits per heavy atom. The molecule has 0 amide bonds. The van der Waals surface area contributed by atoms with Crippen molar-refractivity contribution >= 4 is 16.7 Å². The molecule has 70 valence electrons. The molecule has 6 nitrogen and oxygen atoms in total. The van der Waals surface area contributed by atoms with Gasteiger partial charge < -0.3 is 4.98 Å². The Bertz CT molecular complexity index is 561. The summed E-state index contributed by atoms with van der Waals surface area (Å²) < 4.78 is 0. The molecule has 0 atom stereocenters.